The molecule has 2 aliphatic rings. The van der Waals surface area contributed by atoms with Gasteiger partial charge in [0.1, 0.15) is 5.82 Å². The van der Waals surface area contributed by atoms with Crippen molar-refractivity contribution in [1.29, 1.82) is 0 Å². The minimum Gasteiger partial charge on any atom is -0.490 e. The summed E-state index contributed by atoms with van der Waals surface area (Å²) in [4.78, 5) is 36.6. The summed E-state index contributed by atoms with van der Waals surface area (Å²) in [6.07, 6.45) is -0.625. The van der Waals surface area contributed by atoms with Crippen LogP contribution in [0.2, 0.25) is 0 Å². The van der Waals surface area contributed by atoms with E-state index in [-0.39, 0.29) is 41.5 Å². The smallest absolute Gasteiger partial charge is 0.437 e. The molecule has 2 aromatic carbocycles. The summed E-state index contributed by atoms with van der Waals surface area (Å²) in [5.74, 6) is -2.10. The molecule has 2 saturated heterocycles. The highest BCUT2D eigenvalue weighted by atomic mass is 19.4. The van der Waals surface area contributed by atoms with Crippen LogP contribution in [0, 0.1) is 11.7 Å². The SMILES string of the molecule is COC(=O)c1ccc(F)c(OCC2CCN(c3ccc(NC(=O)c4oc(N5CCC(c6ccccc6)CC5)nc4C(F)(F)F)cn3)CC2)c1. The van der Waals surface area contributed by atoms with Gasteiger partial charge in [0.25, 0.3) is 11.9 Å². The molecule has 6 rings (SSSR count). The number of esters is 1. The predicted octanol–water partition coefficient (Wildman–Crippen LogP) is 6.95. The van der Waals surface area contributed by atoms with Gasteiger partial charge in [-0.3, -0.25) is 4.79 Å². The van der Waals surface area contributed by atoms with Crippen molar-refractivity contribution in [2.75, 3.05) is 55.0 Å². The molecule has 0 aliphatic carbocycles. The van der Waals surface area contributed by atoms with Gasteiger partial charge in [0.05, 0.1) is 31.2 Å². The fraction of sp³-hybridized carbons (Fsp3) is 0.371. The molecule has 1 amide bonds. The summed E-state index contributed by atoms with van der Waals surface area (Å²) in [6.45, 7) is 2.42. The zero-order valence-electron chi connectivity index (χ0n) is 26.7. The molecule has 0 spiro atoms. The number of benzene rings is 2. The molecule has 2 aromatic heterocycles. The second kappa shape index (κ2) is 14.5. The maximum Gasteiger partial charge on any atom is 0.437 e. The van der Waals surface area contributed by atoms with Crippen LogP contribution in [0.5, 0.6) is 5.75 Å². The van der Waals surface area contributed by atoms with Gasteiger partial charge >= 0.3 is 12.1 Å². The van der Waals surface area contributed by atoms with Gasteiger partial charge in [-0.2, -0.15) is 18.2 Å². The van der Waals surface area contributed by atoms with Gasteiger partial charge in [-0.05, 0) is 73.4 Å². The number of halogens is 4. The maximum absolute atomic E-state index is 14.2. The monoisotopic (exact) mass is 681 g/mol. The molecule has 0 saturated carbocycles. The first-order valence-corrected chi connectivity index (χ1v) is 16.0. The summed E-state index contributed by atoms with van der Waals surface area (Å²) in [5.41, 5.74) is 0.197. The standard InChI is InChI=1S/C35H35F4N5O5/c1-47-33(46)25-7-9-27(36)28(19-25)48-21-22-11-15-43(16-12-22)29-10-8-26(20-40-29)41-32(45)30-31(35(37,38)39)42-34(49-30)44-17-13-24(14-18-44)23-5-3-2-4-6-23/h2-10,19-20,22,24H,11-18,21H2,1H3,(H,41,45). The van der Waals surface area contributed by atoms with Crippen LogP contribution in [0.15, 0.2) is 71.3 Å². The van der Waals surface area contributed by atoms with E-state index >= 15 is 0 Å². The number of aromatic nitrogens is 2. The Morgan fingerprint density at radius 3 is 2.33 bits per heavy atom. The number of methoxy groups -OCH3 is 1. The maximum atomic E-state index is 14.2. The summed E-state index contributed by atoms with van der Waals surface area (Å²) >= 11 is 0. The van der Waals surface area contributed by atoms with E-state index in [1.165, 1.54) is 31.0 Å². The van der Waals surface area contributed by atoms with Gasteiger partial charge in [0.15, 0.2) is 17.3 Å². The molecule has 0 atom stereocenters. The Bertz CT molecular complexity index is 1750. The van der Waals surface area contributed by atoms with E-state index in [1.807, 2.05) is 35.2 Å². The van der Waals surface area contributed by atoms with Gasteiger partial charge in [-0.15, -0.1) is 0 Å². The largest absolute Gasteiger partial charge is 0.490 e. The first kappa shape index (κ1) is 33.7. The van der Waals surface area contributed by atoms with Crippen molar-refractivity contribution < 1.29 is 41.0 Å². The van der Waals surface area contributed by atoms with Crippen LogP contribution < -0.4 is 19.9 Å². The second-order valence-electron chi connectivity index (χ2n) is 12.1. The van der Waals surface area contributed by atoms with Gasteiger partial charge < -0.3 is 29.0 Å². The Labute approximate surface area is 280 Å². The molecular formula is C35H35F4N5O5. The molecule has 0 radical (unpaired) electrons. The highest BCUT2D eigenvalue weighted by molar-refractivity contribution is 6.03. The van der Waals surface area contributed by atoms with Crippen LogP contribution in [0.4, 0.5) is 35.1 Å². The summed E-state index contributed by atoms with van der Waals surface area (Å²) < 4.78 is 71.8. The molecule has 0 unspecified atom stereocenters. The zero-order chi connectivity index (χ0) is 34.5. The molecule has 10 nitrogen and oxygen atoms in total. The number of nitrogens with one attached hydrogen (secondary N) is 1. The number of ether oxygens (including phenoxy) is 2. The number of carbonyl (C=O) groups is 2. The van der Waals surface area contributed by atoms with E-state index in [0.29, 0.717) is 44.8 Å². The Balaban J connectivity index is 1.03. The van der Waals surface area contributed by atoms with E-state index in [9.17, 15) is 27.2 Å². The highest BCUT2D eigenvalue weighted by Crippen LogP contribution is 2.37. The summed E-state index contributed by atoms with van der Waals surface area (Å²) in [6, 6.07) is 16.8. The summed E-state index contributed by atoms with van der Waals surface area (Å²) in [5, 5.41) is 2.46. The quantitative estimate of drug-likeness (QED) is 0.148. The number of amides is 1. The summed E-state index contributed by atoms with van der Waals surface area (Å²) in [7, 11) is 1.25. The van der Waals surface area contributed by atoms with Crippen molar-refractivity contribution in [2.45, 2.75) is 37.8 Å². The van der Waals surface area contributed by atoms with Crippen molar-refractivity contribution in [3.05, 3.63) is 95.3 Å². The molecule has 14 heteroatoms. The Morgan fingerprint density at radius 1 is 0.959 bits per heavy atom. The first-order valence-electron chi connectivity index (χ1n) is 16.0. The number of carbonyl (C=O) groups excluding carboxylic acids is 2. The molecule has 258 valence electrons. The van der Waals surface area contributed by atoms with E-state index in [0.717, 1.165) is 18.9 Å². The van der Waals surface area contributed by atoms with Crippen LogP contribution in [-0.2, 0) is 10.9 Å². The third-order valence-corrected chi connectivity index (χ3v) is 8.90. The lowest BCUT2D eigenvalue weighted by Gasteiger charge is -2.32. The number of hydrogen-bond donors (Lipinski definition) is 1. The molecule has 4 heterocycles. The number of oxazole rings is 1. The van der Waals surface area contributed by atoms with Crippen LogP contribution >= 0.6 is 0 Å². The topological polar surface area (TPSA) is 110 Å². The van der Waals surface area contributed by atoms with Gasteiger partial charge in [-0.1, -0.05) is 30.3 Å². The number of alkyl halides is 3. The predicted molar refractivity (Wildman–Crippen MR) is 172 cm³/mol. The van der Waals surface area contributed by atoms with Gasteiger partial charge in [0, 0.05) is 26.2 Å². The van der Waals surface area contributed by atoms with E-state index in [4.69, 9.17) is 9.15 Å². The fourth-order valence-electron chi connectivity index (χ4n) is 6.15. The average molecular weight is 682 g/mol. The number of hydrogen-bond acceptors (Lipinski definition) is 9. The zero-order valence-corrected chi connectivity index (χ0v) is 26.7. The van der Waals surface area contributed by atoms with Crippen molar-refractivity contribution in [3.8, 4) is 5.75 Å². The first-order chi connectivity index (χ1) is 23.6. The van der Waals surface area contributed by atoms with E-state index < -0.39 is 35.3 Å². The second-order valence-corrected chi connectivity index (χ2v) is 12.1. The van der Waals surface area contributed by atoms with Crippen LogP contribution in [0.3, 0.4) is 0 Å². The van der Waals surface area contributed by atoms with E-state index in [2.05, 4.69) is 20.0 Å². The molecule has 0 bridgehead atoms. The lowest BCUT2D eigenvalue weighted by Crippen LogP contribution is -2.36. The van der Waals surface area contributed by atoms with Gasteiger partial charge in [-0.25, -0.2) is 14.2 Å². The van der Waals surface area contributed by atoms with Crippen molar-refractivity contribution >= 4 is 29.4 Å². The molecule has 2 aliphatic heterocycles. The van der Waals surface area contributed by atoms with Crippen LogP contribution in [0.1, 0.15) is 63.8 Å². The number of pyridine rings is 1. The fourth-order valence-corrected chi connectivity index (χ4v) is 6.15. The van der Waals surface area contributed by atoms with Crippen molar-refractivity contribution in [2.24, 2.45) is 5.92 Å². The number of anilines is 3. The molecule has 2 fully saturated rings. The number of piperidine rings is 2. The van der Waals surface area contributed by atoms with Crippen LogP contribution in [0.25, 0.3) is 0 Å². The van der Waals surface area contributed by atoms with Gasteiger partial charge in [0.2, 0.25) is 5.76 Å². The lowest BCUT2D eigenvalue weighted by molar-refractivity contribution is -0.141. The molecule has 4 aromatic rings. The average Bonchev–Trinajstić information content (AvgIpc) is 3.59. The number of rotatable bonds is 9. The van der Waals surface area contributed by atoms with Crippen LogP contribution in [-0.4, -0.2) is 61.7 Å². The minimum atomic E-state index is -4.89. The number of nitrogens with zero attached hydrogens (tertiary/aromatic N) is 4. The normalized spacial score (nSPS) is 16.0. The van der Waals surface area contributed by atoms with Crippen molar-refractivity contribution in [1.82, 2.24) is 9.97 Å². The van der Waals surface area contributed by atoms with Crippen molar-refractivity contribution in [3.63, 3.8) is 0 Å². The lowest BCUT2D eigenvalue weighted by atomic mass is 9.90. The third kappa shape index (κ3) is 7.95. The molecule has 1 N–H and O–H groups in total. The third-order valence-electron chi connectivity index (χ3n) is 8.90. The van der Waals surface area contributed by atoms with E-state index in [1.54, 1.807) is 17.0 Å². The Morgan fingerprint density at radius 2 is 1.67 bits per heavy atom. The minimum absolute atomic E-state index is 0.0167. The molecular weight excluding hydrogens is 646 g/mol. The highest BCUT2D eigenvalue weighted by Gasteiger charge is 2.42. The Kier molecular flexibility index (Phi) is 10.0. The Hall–Kier alpha value is -5.14. The molecule has 49 heavy (non-hydrogen) atoms.